The SMILES string of the molecule is N#Cc1c(C2CCCO2)nn(-c2cccnc2)c1N. The molecule has 1 saturated heterocycles. The number of nitrogens with zero attached hydrogens (tertiary/aromatic N) is 4. The van der Waals surface area contributed by atoms with E-state index in [0.29, 0.717) is 23.7 Å². The maximum Gasteiger partial charge on any atom is 0.145 e. The van der Waals surface area contributed by atoms with E-state index < -0.39 is 0 Å². The average molecular weight is 255 g/mol. The third-order valence-electron chi connectivity index (χ3n) is 3.19. The molecule has 1 aliphatic rings. The minimum absolute atomic E-state index is 0.130. The van der Waals surface area contributed by atoms with E-state index in [-0.39, 0.29) is 6.10 Å². The lowest BCUT2D eigenvalue weighted by molar-refractivity contribution is 0.108. The first-order chi connectivity index (χ1) is 9.31. The van der Waals surface area contributed by atoms with Crippen LogP contribution in [0.3, 0.4) is 0 Å². The molecule has 0 radical (unpaired) electrons. The molecular formula is C13H13N5O. The molecule has 0 aromatic carbocycles. The second kappa shape index (κ2) is 4.71. The maximum atomic E-state index is 9.27. The van der Waals surface area contributed by atoms with Crippen molar-refractivity contribution in [1.29, 1.82) is 5.26 Å². The van der Waals surface area contributed by atoms with Gasteiger partial charge in [0.25, 0.3) is 0 Å². The van der Waals surface area contributed by atoms with E-state index in [2.05, 4.69) is 16.2 Å². The standard InChI is InChI=1S/C13H13N5O/c14-7-10-12(11-4-2-6-19-11)17-18(13(10)15)9-3-1-5-16-8-9/h1,3,5,8,11H,2,4,6,15H2. The first-order valence-electron chi connectivity index (χ1n) is 6.11. The monoisotopic (exact) mass is 255 g/mol. The van der Waals surface area contributed by atoms with Gasteiger partial charge in [-0.1, -0.05) is 0 Å². The predicted octanol–water partition coefficient (Wildman–Crippen LogP) is 1.57. The van der Waals surface area contributed by atoms with Gasteiger partial charge in [0.2, 0.25) is 0 Å². The summed E-state index contributed by atoms with van der Waals surface area (Å²) < 4.78 is 7.13. The van der Waals surface area contributed by atoms with E-state index in [1.165, 1.54) is 0 Å². The Hall–Kier alpha value is -2.39. The third-order valence-corrected chi connectivity index (χ3v) is 3.19. The van der Waals surface area contributed by atoms with Crippen molar-refractivity contribution in [2.45, 2.75) is 18.9 Å². The molecule has 0 spiro atoms. The molecule has 3 rings (SSSR count). The zero-order valence-corrected chi connectivity index (χ0v) is 10.3. The average Bonchev–Trinajstić information content (AvgIpc) is 3.07. The Kier molecular flexibility index (Phi) is 2.89. The molecule has 0 amide bonds. The fourth-order valence-electron chi connectivity index (χ4n) is 2.26. The molecule has 3 heterocycles. The van der Waals surface area contributed by atoms with Crippen LogP contribution in [0.4, 0.5) is 5.82 Å². The van der Waals surface area contributed by atoms with Gasteiger partial charge in [-0.15, -0.1) is 0 Å². The summed E-state index contributed by atoms with van der Waals surface area (Å²) in [6.45, 7) is 0.704. The van der Waals surface area contributed by atoms with E-state index in [4.69, 9.17) is 10.5 Å². The predicted molar refractivity (Wildman–Crippen MR) is 68.4 cm³/mol. The first kappa shape index (κ1) is 11.7. The minimum atomic E-state index is -0.130. The smallest absolute Gasteiger partial charge is 0.145 e. The molecule has 2 N–H and O–H groups in total. The van der Waals surface area contributed by atoms with Crippen LogP contribution in [0.5, 0.6) is 0 Å². The van der Waals surface area contributed by atoms with E-state index in [0.717, 1.165) is 18.5 Å². The van der Waals surface area contributed by atoms with Crippen LogP contribution in [-0.4, -0.2) is 21.4 Å². The lowest BCUT2D eigenvalue weighted by Gasteiger charge is -2.05. The van der Waals surface area contributed by atoms with Gasteiger partial charge in [0.05, 0.1) is 11.9 Å². The van der Waals surface area contributed by atoms with E-state index >= 15 is 0 Å². The van der Waals surface area contributed by atoms with Crippen LogP contribution in [0.2, 0.25) is 0 Å². The third kappa shape index (κ3) is 1.94. The van der Waals surface area contributed by atoms with Crippen molar-refractivity contribution in [2.24, 2.45) is 0 Å². The number of hydrogen-bond acceptors (Lipinski definition) is 5. The van der Waals surface area contributed by atoms with Gasteiger partial charge in [-0.2, -0.15) is 10.4 Å². The fraction of sp³-hybridized carbons (Fsp3) is 0.308. The molecule has 19 heavy (non-hydrogen) atoms. The van der Waals surface area contributed by atoms with Gasteiger partial charge in [-0.05, 0) is 25.0 Å². The van der Waals surface area contributed by atoms with Crippen LogP contribution in [0, 0.1) is 11.3 Å². The van der Waals surface area contributed by atoms with Crippen molar-refractivity contribution in [3.63, 3.8) is 0 Å². The lowest BCUT2D eigenvalue weighted by atomic mass is 10.1. The van der Waals surface area contributed by atoms with Crippen molar-refractivity contribution < 1.29 is 4.74 Å². The van der Waals surface area contributed by atoms with Crippen LogP contribution >= 0.6 is 0 Å². The Morgan fingerprint density at radius 2 is 2.42 bits per heavy atom. The van der Waals surface area contributed by atoms with Crippen LogP contribution in [-0.2, 0) is 4.74 Å². The second-order valence-corrected chi connectivity index (χ2v) is 4.38. The Labute approximate surface area is 110 Å². The minimum Gasteiger partial charge on any atom is -0.382 e. The molecule has 0 bridgehead atoms. The number of pyridine rings is 1. The van der Waals surface area contributed by atoms with Crippen LogP contribution in [0.1, 0.15) is 30.2 Å². The van der Waals surface area contributed by atoms with Crippen LogP contribution in [0.15, 0.2) is 24.5 Å². The Morgan fingerprint density at radius 1 is 1.53 bits per heavy atom. The molecule has 6 heteroatoms. The summed E-state index contributed by atoms with van der Waals surface area (Å²) in [7, 11) is 0. The van der Waals surface area contributed by atoms with Crippen molar-refractivity contribution >= 4 is 5.82 Å². The number of nitriles is 1. The van der Waals surface area contributed by atoms with Crippen LogP contribution < -0.4 is 5.73 Å². The number of aromatic nitrogens is 3. The highest BCUT2D eigenvalue weighted by molar-refractivity contribution is 5.56. The van der Waals surface area contributed by atoms with Gasteiger partial charge in [-0.3, -0.25) is 4.98 Å². The second-order valence-electron chi connectivity index (χ2n) is 4.38. The fourth-order valence-corrected chi connectivity index (χ4v) is 2.26. The molecule has 0 saturated carbocycles. The first-order valence-corrected chi connectivity index (χ1v) is 6.11. The van der Waals surface area contributed by atoms with E-state index in [1.54, 1.807) is 23.1 Å². The number of hydrogen-bond donors (Lipinski definition) is 1. The van der Waals surface area contributed by atoms with Crippen molar-refractivity contribution in [3.05, 3.63) is 35.8 Å². The molecule has 2 aromatic heterocycles. The maximum absolute atomic E-state index is 9.27. The van der Waals surface area contributed by atoms with E-state index in [9.17, 15) is 5.26 Å². The Morgan fingerprint density at radius 3 is 3.05 bits per heavy atom. The highest BCUT2D eigenvalue weighted by Gasteiger charge is 2.27. The summed E-state index contributed by atoms with van der Waals surface area (Å²) in [6.07, 6.45) is 5.06. The normalized spacial score (nSPS) is 18.4. The quantitative estimate of drug-likeness (QED) is 0.879. The van der Waals surface area contributed by atoms with Gasteiger partial charge >= 0.3 is 0 Å². The highest BCUT2D eigenvalue weighted by Crippen LogP contribution is 2.32. The molecule has 1 unspecified atom stereocenters. The zero-order valence-electron chi connectivity index (χ0n) is 10.3. The zero-order chi connectivity index (χ0) is 13.2. The van der Waals surface area contributed by atoms with E-state index in [1.807, 2.05) is 6.07 Å². The van der Waals surface area contributed by atoms with Crippen molar-refractivity contribution in [2.75, 3.05) is 12.3 Å². The summed E-state index contributed by atoms with van der Waals surface area (Å²) in [4.78, 5) is 4.03. The number of anilines is 1. The molecule has 2 aromatic rings. The molecule has 1 aliphatic heterocycles. The summed E-state index contributed by atoms with van der Waals surface area (Å²) in [5.74, 6) is 0.334. The molecular weight excluding hydrogens is 242 g/mol. The Balaban J connectivity index is 2.10. The van der Waals surface area contributed by atoms with Crippen molar-refractivity contribution in [1.82, 2.24) is 14.8 Å². The summed E-state index contributed by atoms with van der Waals surface area (Å²) in [5.41, 5.74) is 7.77. The number of rotatable bonds is 2. The number of nitrogen functional groups attached to an aromatic ring is 1. The van der Waals surface area contributed by atoms with Gasteiger partial charge in [0.1, 0.15) is 29.2 Å². The summed E-state index contributed by atoms with van der Waals surface area (Å²) in [5, 5.41) is 13.7. The number of ether oxygens (including phenoxy) is 1. The lowest BCUT2D eigenvalue weighted by Crippen LogP contribution is -2.03. The Bertz CT molecular complexity index is 622. The van der Waals surface area contributed by atoms with Gasteiger partial charge < -0.3 is 10.5 Å². The number of nitrogens with two attached hydrogens (primary N) is 1. The van der Waals surface area contributed by atoms with Crippen molar-refractivity contribution in [3.8, 4) is 11.8 Å². The molecule has 1 fully saturated rings. The van der Waals surface area contributed by atoms with Gasteiger partial charge in [0, 0.05) is 12.8 Å². The van der Waals surface area contributed by atoms with Gasteiger partial charge in [0.15, 0.2) is 0 Å². The van der Waals surface area contributed by atoms with Crippen LogP contribution in [0.25, 0.3) is 5.69 Å². The molecule has 96 valence electrons. The molecule has 0 aliphatic carbocycles. The highest BCUT2D eigenvalue weighted by atomic mass is 16.5. The largest absolute Gasteiger partial charge is 0.382 e. The van der Waals surface area contributed by atoms with Gasteiger partial charge in [-0.25, -0.2) is 4.68 Å². The summed E-state index contributed by atoms with van der Waals surface area (Å²) >= 11 is 0. The topological polar surface area (TPSA) is 89.8 Å². The summed E-state index contributed by atoms with van der Waals surface area (Å²) in [6, 6.07) is 5.77. The molecule has 6 nitrogen and oxygen atoms in total. The molecule has 1 atom stereocenters.